The number of hydrogen-bond donors (Lipinski definition) is 1. The molecule has 0 aromatic heterocycles. The molecule has 1 aliphatic heterocycles. The minimum absolute atomic E-state index is 0.0272. The van der Waals surface area contributed by atoms with Gasteiger partial charge in [0.15, 0.2) is 0 Å². The number of nitrogens with zero attached hydrogens (tertiary/aromatic N) is 1. The summed E-state index contributed by atoms with van der Waals surface area (Å²) >= 11 is 2.87. The van der Waals surface area contributed by atoms with E-state index in [9.17, 15) is 13.6 Å². The lowest BCUT2D eigenvalue weighted by Crippen LogP contribution is -2.16. The van der Waals surface area contributed by atoms with Crippen molar-refractivity contribution in [3.8, 4) is 0 Å². The maximum absolute atomic E-state index is 13.5. The van der Waals surface area contributed by atoms with E-state index in [4.69, 9.17) is 0 Å². The number of thioether (sulfide) groups is 2. The Labute approximate surface area is 140 Å². The second-order valence-corrected chi connectivity index (χ2v) is 6.94. The number of aliphatic imine (C=N–C) groups is 1. The summed E-state index contributed by atoms with van der Waals surface area (Å²) < 4.78 is 27.1. The standard InChI is InChI=1S/C16H12F2N2OS2/c17-11-5-6-14(12(18)7-11)19-15(21)9-23-16-20-13-4-2-1-3-10(13)8-22-16/h1-7H,8-9H2,(H,19,21). The van der Waals surface area contributed by atoms with Crippen molar-refractivity contribution in [2.24, 2.45) is 4.99 Å². The molecule has 118 valence electrons. The first-order valence-corrected chi connectivity index (χ1v) is 8.76. The number of rotatable bonds is 3. The number of benzene rings is 2. The van der Waals surface area contributed by atoms with Crippen LogP contribution in [-0.2, 0) is 10.5 Å². The first-order valence-electron chi connectivity index (χ1n) is 6.79. The molecule has 1 aliphatic rings. The van der Waals surface area contributed by atoms with Crippen molar-refractivity contribution < 1.29 is 13.6 Å². The number of para-hydroxylation sites is 1. The molecular weight excluding hydrogens is 338 g/mol. The quantitative estimate of drug-likeness (QED) is 0.881. The van der Waals surface area contributed by atoms with Gasteiger partial charge in [-0.3, -0.25) is 4.79 Å². The molecule has 2 aromatic rings. The first kappa shape index (κ1) is 16.0. The fraction of sp³-hybridized carbons (Fsp3) is 0.125. The molecule has 0 bridgehead atoms. The predicted molar refractivity (Wildman–Crippen MR) is 92.3 cm³/mol. The molecule has 0 atom stereocenters. The predicted octanol–water partition coefficient (Wildman–Crippen LogP) is 4.57. The van der Waals surface area contributed by atoms with Crippen molar-refractivity contribution in [1.82, 2.24) is 0 Å². The summed E-state index contributed by atoms with van der Waals surface area (Å²) in [5, 5.41) is 2.43. The second-order valence-electron chi connectivity index (χ2n) is 4.76. The molecule has 2 aromatic carbocycles. The van der Waals surface area contributed by atoms with Crippen LogP contribution >= 0.6 is 23.5 Å². The monoisotopic (exact) mass is 350 g/mol. The van der Waals surface area contributed by atoms with Gasteiger partial charge in [-0.1, -0.05) is 41.7 Å². The highest BCUT2D eigenvalue weighted by Gasteiger charge is 2.15. The van der Waals surface area contributed by atoms with Gasteiger partial charge in [0.25, 0.3) is 0 Å². The lowest BCUT2D eigenvalue weighted by Gasteiger charge is -2.14. The summed E-state index contributed by atoms with van der Waals surface area (Å²) in [6.45, 7) is 0. The largest absolute Gasteiger partial charge is 0.323 e. The van der Waals surface area contributed by atoms with Crippen LogP contribution in [0.15, 0.2) is 47.5 Å². The lowest BCUT2D eigenvalue weighted by atomic mass is 10.2. The zero-order valence-electron chi connectivity index (χ0n) is 11.9. The Hall–Kier alpha value is -1.86. The summed E-state index contributed by atoms with van der Waals surface area (Å²) in [4.78, 5) is 16.4. The summed E-state index contributed by atoms with van der Waals surface area (Å²) in [5.41, 5.74) is 2.05. The average molecular weight is 350 g/mol. The minimum Gasteiger partial charge on any atom is -0.323 e. The third-order valence-corrected chi connectivity index (χ3v) is 5.33. The van der Waals surface area contributed by atoms with Crippen LogP contribution in [0.5, 0.6) is 0 Å². The van der Waals surface area contributed by atoms with Gasteiger partial charge < -0.3 is 5.32 Å². The number of hydrogen-bond acceptors (Lipinski definition) is 4. The maximum atomic E-state index is 13.5. The number of nitrogens with one attached hydrogen (secondary N) is 1. The van der Waals surface area contributed by atoms with E-state index >= 15 is 0 Å². The van der Waals surface area contributed by atoms with Crippen molar-refractivity contribution in [2.45, 2.75) is 5.75 Å². The van der Waals surface area contributed by atoms with Crippen LogP contribution in [-0.4, -0.2) is 16.0 Å². The van der Waals surface area contributed by atoms with E-state index in [-0.39, 0.29) is 17.3 Å². The van der Waals surface area contributed by atoms with Crippen LogP contribution in [0.4, 0.5) is 20.2 Å². The molecule has 3 rings (SSSR count). The topological polar surface area (TPSA) is 41.5 Å². The smallest absolute Gasteiger partial charge is 0.234 e. The van der Waals surface area contributed by atoms with Crippen LogP contribution in [0.3, 0.4) is 0 Å². The molecule has 7 heteroatoms. The van der Waals surface area contributed by atoms with E-state index in [0.717, 1.165) is 27.9 Å². The van der Waals surface area contributed by atoms with Gasteiger partial charge in [-0.15, -0.1) is 0 Å². The maximum Gasteiger partial charge on any atom is 0.234 e. The fourth-order valence-corrected chi connectivity index (χ4v) is 3.85. The summed E-state index contributed by atoms with van der Waals surface area (Å²) in [6, 6.07) is 10.9. The van der Waals surface area contributed by atoms with Gasteiger partial charge in [0.05, 0.1) is 17.1 Å². The molecule has 0 unspecified atom stereocenters. The Balaban J connectivity index is 1.58. The Morgan fingerprint density at radius 1 is 1.26 bits per heavy atom. The van der Waals surface area contributed by atoms with Crippen LogP contribution in [0, 0.1) is 11.6 Å². The Kier molecular flexibility index (Phi) is 4.97. The molecule has 0 fully saturated rings. The van der Waals surface area contributed by atoms with E-state index in [1.165, 1.54) is 23.4 Å². The van der Waals surface area contributed by atoms with E-state index in [2.05, 4.69) is 10.3 Å². The van der Waals surface area contributed by atoms with Gasteiger partial charge in [-0.05, 0) is 23.8 Å². The number of fused-ring (bicyclic) bond motifs is 1. The molecule has 0 spiro atoms. The summed E-state index contributed by atoms with van der Waals surface area (Å²) in [5.74, 6) is -0.896. The highest BCUT2D eigenvalue weighted by molar-refractivity contribution is 8.38. The SMILES string of the molecule is O=C(CSC1=Nc2ccccc2CS1)Nc1ccc(F)cc1F. The number of halogens is 2. The molecule has 0 saturated carbocycles. The molecule has 0 radical (unpaired) electrons. The molecule has 1 amide bonds. The van der Waals surface area contributed by atoms with Crippen molar-refractivity contribution in [3.05, 3.63) is 59.7 Å². The van der Waals surface area contributed by atoms with Crippen LogP contribution < -0.4 is 5.32 Å². The van der Waals surface area contributed by atoms with Gasteiger partial charge in [-0.2, -0.15) is 0 Å². The van der Waals surface area contributed by atoms with Crippen molar-refractivity contribution in [1.29, 1.82) is 0 Å². The minimum atomic E-state index is -0.790. The van der Waals surface area contributed by atoms with E-state index in [1.54, 1.807) is 11.8 Å². The molecule has 1 N–H and O–H groups in total. The van der Waals surface area contributed by atoms with Gasteiger partial charge >= 0.3 is 0 Å². The number of amides is 1. The Morgan fingerprint density at radius 2 is 2.09 bits per heavy atom. The van der Waals surface area contributed by atoms with Gasteiger partial charge in [-0.25, -0.2) is 13.8 Å². The number of carbonyl (C=O) groups is 1. The Bertz CT molecular complexity index is 780. The molecule has 3 nitrogen and oxygen atoms in total. The van der Waals surface area contributed by atoms with Gasteiger partial charge in [0.1, 0.15) is 16.0 Å². The average Bonchev–Trinajstić information content (AvgIpc) is 2.55. The normalized spacial score (nSPS) is 13.2. The van der Waals surface area contributed by atoms with E-state index < -0.39 is 11.6 Å². The molecular formula is C16H12F2N2OS2. The van der Waals surface area contributed by atoms with Crippen LogP contribution in [0.2, 0.25) is 0 Å². The highest BCUT2D eigenvalue weighted by Crippen LogP contribution is 2.34. The van der Waals surface area contributed by atoms with E-state index in [0.29, 0.717) is 0 Å². The third-order valence-electron chi connectivity index (χ3n) is 3.09. The third kappa shape index (κ3) is 4.11. The van der Waals surface area contributed by atoms with Crippen molar-refractivity contribution >= 4 is 45.2 Å². The molecule has 1 heterocycles. The zero-order valence-corrected chi connectivity index (χ0v) is 13.5. The van der Waals surface area contributed by atoms with E-state index in [1.807, 2.05) is 24.3 Å². The molecule has 23 heavy (non-hydrogen) atoms. The summed E-state index contributed by atoms with van der Waals surface area (Å²) in [6.07, 6.45) is 0. The molecule has 0 saturated heterocycles. The van der Waals surface area contributed by atoms with Crippen molar-refractivity contribution in [2.75, 3.05) is 11.1 Å². The van der Waals surface area contributed by atoms with Crippen LogP contribution in [0.1, 0.15) is 5.56 Å². The summed E-state index contributed by atoms with van der Waals surface area (Å²) in [7, 11) is 0. The number of anilines is 1. The van der Waals surface area contributed by atoms with Gasteiger partial charge in [0.2, 0.25) is 5.91 Å². The molecule has 0 aliphatic carbocycles. The first-order chi connectivity index (χ1) is 11.1. The zero-order chi connectivity index (χ0) is 16.2. The van der Waals surface area contributed by atoms with Crippen molar-refractivity contribution in [3.63, 3.8) is 0 Å². The van der Waals surface area contributed by atoms with Gasteiger partial charge in [0, 0.05) is 11.8 Å². The second kappa shape index (κ2) is 7.14. The van der Waals surface area contributed by atoms with Crippen LogP contribution in [0.25, 0.3) is 0 Å². The lowest BCUT2D eigenvalue weighted by molar-refractivity contribution is -0.113. The number of carbonyl (C=O) groups excluding carboxylic acids is 1. The fourth-order valence-electron chi connectivity index (χ4n) is 1.99. The highest BCUT2D eigenvalue weighted by atomic mass is 32.2. The Morgan fingerprint density at radius 3 is 2.91 bits per heavy atom.